The molecule has 0 heterocycles. The highest BCUT2D eigenvalue weighted by Crippen LogP contribution is 2.23. The highest BCUT2D eigenvalue weighted by Gasteiger charge is 2.01. The summed E-state index contributed by atoms with van der Waals surface area (Å²) in [6.07, 6.45) is 0. The minimum Gasteiger partial charge on any atom is -0.381 e. The van der Waals surface area contributed by atoms with Gasteiger partial charge in [0, 0.05) is 22.0 Å². The molecule has 0 bridgehead atoms. The van der Waals surface area contributed by atoms with E-state index >= 15 is 0 Å². The summed E-state index contributed by atoms with van der Waals surface area (Å²) in [6, 6.07) is 12.4. The van der Waals surface area contributed by atoms with Crippen LogP contribution in [0.5, 0.6) is 0 Å². The van der Waals surface area contributed by atoms with Gasteiger partial charge in [-0.1, -0.05) is 12.1 Å². The lowest BCUT2D eigenvalue weighted by Crippen LogP contribution is -2.00. The van der Waals surface area contributed by atoms with E-state index in [-0.39, 0.29) is 0 Å². The Morgan fingerprint density at radius 3 is 2.28 bits per heavy atom. The Bertz CT molecular complexity index is 541. The fourth-order valence-corrected chi connectivity index (χ4v) is 2.31. The number of hydrogen-bond donors (Lipinski definition) is 3. The molecule has 0 aliphatic heterocycles. The lowest BCUT2D eigenvalue weighted by Gasteiger charge is -2.11. The molecular weight excluding hydrogens is 258 g/mol. The molecular formula is C15H17NS2. The molecule has 18 heavy (non-hydrogen) atoms. The Morgan fingerprint density at radius 2 is 1.67 bits per heavy atom. The van der Waals surface area contributed by atoms with Crippen LogP contribution in [0.1, 0.15) is 16.7 Å². The minimum absolute atomic E-state index is 0.805. The van der Waals surface area contributed by atoms with Gasteiger partial charge in [0.15, 0.2) is 0 Å². The first-order valence-electron chi connectivity index (χ1n) is 5.88. The molecule has 0 spiro atoms. The van der Waals surface area contributed by atoms with E-state index in [1.807, 2.05) is 12.1 Å². The molecule has 3 heteroatoms. The summed E-state index contributed by atoms with van der Waals surface area (Å²) in [7, 11) is 0. The maximum Gasteiger partial charge on any atom is 0.0401 e. The van der Waals surface area contributed by atoms with Crippen LogP contribution in [0.4, 0.5) is 5.69 Å². The zero-order valence-corrected chi connectivity index (χ0v) is 12.4. The van der Waals surface area contributed by atoms with Gasteiger partial charge in [0.1, 0.15) is 0 Å². The molecule has 0 saturated heterocycles. The molecule has 0 saturated carbocycles. The number of thiol groups is 2. The molecule has 0 aliphatic carbocycles. The van der Waals surface area contributed by atoms with Gasteiger partial charge in [-0.15, -0.1) is 25.3 Å². The molecule has 2 rings (SSSR count). The van der Waals surface area contributed by atoms with Crippen LogP contribution >= 0.6 is 25.3 Å². The van der Waals surface area contributed by atoms with Crippen LogP contribution in [-0.4, -0.2) is 0 Å². The van der Waals surface area contributed by atoms with Gasteiger partial charge in [0.2, 0.25) is 0 Å². The SMILES string of the molecule is Cc1cc(NCc2cccc(S)c2)cc(C)c1S. The second-order valence-electron chi connectivity index (χ2n) is 4.48. The predicted octanol–water partition coefficient (Wildman–Crippen LogP) is 4.49. The van der Waals surface area contributed by atoms with E-state index in [1.54, 1.807) is 0 Å². The molecule has 0 radical (unpaired) electrons. The summed E-state index contributed by atoms with van der Waals surface area (Å²) in [4.78, 5) is 2.06. The summed E-state index contributed by atoms with van der Waals surface area (Å²) >= 11 is 8.81. The molecule has 1 nitrogen and oxygen atoms in total. The van der Waals surface area contributed by atoms with Crippen LogP contribution in [0.25, 0.3) is 0 Å². The number of anilines is 1. The maximum atomic E-state index is 4.47. The lowest BCUT2D eigenvalue weighted by atomic mass is 10.1. The highest BCUT2D eigenvalue weighted by molar-refractivity contribution is 7.80. The monoisotopic (exact) mass is 275 g/mol. The number of nitrogens with one attached hydrogen (secondary N) is 1. The summed E-state index contributed by atoms with van der Waals surface area (Å²) in [5.41, 5.74) is 4.76. The van der Waals surface area contributed by atoms with E-state index < -0.39 is 0 Å². The topological polar surface area (TPSA) is 12.0 Å². The molecule has 2 aromatic rings. The minimum atomic E-state index is 0.805. The summed E-state index contributed by atoms with van der Waals surface area (Å²) < 4.78 is 0. The average Bonchev–Trinajstić information content (AvgIpc) is 2.33. The van der Waals surface area contributed by atoms with E-state index in [0.29, 0.717) is 0 Å². The van der Waals surface area contributed by atoms with E-state index in [4.69, 9.17) is 0 Å². The standard InChI is InChI=1S/C15H17NS2/c1-10-6-13(7-11(2)15(10)18)16-9-12-4-3-5-14(17)8-12/h3-8,16-18H,9H2,1-2H3. The first-order valence-corrected chi connectivity index (χ1v) is 6.77. The van der Waals surface area contributed by atoms with Gasteiger partial charge >= 0.3 is 0 Å². The quantitative estimate of drug-likeness (QED) is 0.701. The van der Waals surface area contributed by atoms with Gasteiger partial charge in [-0.25, -0.2) is 0 Å². The van der Waals surface area contributed by atoms with E-state index in [0.717, 1.165) is 22.0 Å². The van der Waals surface area contributed by atoms with Crippen LogP contribution in [0.15, 0.2) is 46.2 Å². The number of aryl methyl sites for hydroxylation is 2. The normalized spacial score (nSPS) is 10.4. The highest BCUT2D eigenvalue weighted by atomic mass is 32.1. The van der Waals surface area contributed by atoms with Gasteiger partial charge in [-0.2, -0.15) is 0 Å². The maximum absolute atomic E-state index is 4.47. The fraction of sp³-hybridized carbons (Fsp3) is 0.200. The van der Waals surface area contributed by atoms with Crippen LogP contribution in [-0.2, 0) is 6.54 Å². The second-order valence-corrected chi connectivity index (χ2v) is 5.45. The molecule has 2 aromatic carbocycles. The Balaban J connectivity index is 2.11. The van der Waals surface area contributed by atoms with Crippen molar-refractivity contribution in [3.8, 4) is 0 Å². The van der Waals surface area contributed by atoms with Crippen LogP contribution < -0.4 is 5.32 Å². The van der Waals surface area contributed by atoms with Gasteiger partial charge in [0.05, 0.1) is 0 Å². The van der Waals surface area contributed by atoms with Crippen molar-refractivity contribution in [1.29, 1.82) is 0 Å². The molecule has 0 aliphatic rings. The zero-order valence-electron chi connectivity index (χ0n) is 10.6. The van der Waals surface area contributed by atoms with Gasteiger partial charge in [0.25, 0.3) is 0 Å². The van der Waals surface area contributed by atoms with Crippen molar-refractivity contribution in [2.45, 2.75) is 30.2 Å². The van der Waals surface area contributed by atoms with Crippen LogP contribution in [0.2, 0.25) is 0 Å². The molecule has 94 valence electrons. The summed E-state index contributed by atoms with van der Waals surface area (Å²) in [5.74, 6) is 0. The third kappa shape index (κ3) is 3.24. The molecule has 0 fully saturated rings. The molecule has 0 unspecified atom stereocenters. The number of rotatable bonds is 3. The Labute approximate surface area is 119 Å². The number of benzene rings is 2. The summed E-state index contributed by atoms with van der Waals surface area (Å²) in [5, 5.41) is 3.43. The molecule has 0 aromatic heterocycles. The largest absolute Gasteiger partial charge is 0.381 e. The molecule has 1 N–H and O–H groups in total. The number of hydrogen-bond acceptors (Lipinski definition) is 3. The Morgan fingerprint density at radius 1 is 1.00 bits per heavy atom. The van der Waals surface area contributed by atoms with Crippen LogP contribution in [0, 0.1) is 13.8 Å². The van der Waals surface area contributed by atoms with Crippen molar-refractivity contribution in [3.05, 3.63) is 53.1 Å². The molecule has 0 atom stereocenters. The lowest BCUT2D eigenvalue weighted by molar-refractivity contribution is 1.12. The first kappa shape index (κ1) is 13.4. The predicted molar refractivity (Wildman–Crippen MR) is 84.2 cm³/mol. The smallest absolute Gasteiger partial charge is 0.0401 e. The third-order valence-corrected chi connectivity index (χ3v) is 3.88. The molecule has 0 amide bonds. The van der Waals surface area contributed by atoms with E-state index in [1.165, 1.54) is 16.7 Å². The Kier molecular flexibility index (Phi) is 4.25. The van der Waals surface area contributed by atoms with Crippen molar-refractivity contribution < 1.29 is 0 Å². The van der Waals surface area contributed by atoms with E-state index in [9.17, 15) is 0 Å². The van der Waals surface area contributed by atoms with Crippen molar-refractivity contribution >= 4 is 30.9 Å². The van der Waals surface area contributed by atoms with Crippen molar-refractivity contribution in [1.82, 2.24) is 0 Å². The van der Waals surface area contributed by atoms with Crippen molar-refractivity contribution in [3.63, 3.8) is 0 Å². The first-order chi connectivity index (χ1) is 8.56. The van der Waals surface area contributed by atoms with Crippen molar-refractivity contribution in [2.75, 3.05) is 5.32 Å². The summed E-state index contributed by atoms with van der Waals surface area (Å²) in [6.45, 7) is 4.96. The fourth-order valence-electron chi connectivity index (χ4n) is 1.93. The average molecular weight is 275 g/mol. The van der Waals surface area contributed by atoms with Crippen LogP contribution in [0.3, 0.4) is 0 Å². The Hall–Kier alpha value is -1.06. The van der Waals surface area contributed by atoms with E-state index in [2.05, 4.69) is 68.7 Å². The van der Waals surface area contributed by atoms with Gasteiger partial charge in [-0.05, 0) is 54.8 Å². The van der Waals surface area contributed by atoms with Crippen molar-refractivity contribution in [2.24, 2.45) is 0 Å². The zero-order chi connectivity index (χ0) is 13.1. The van der Waals surface area contributed by atoms with Gasteiger partial charge < -0.3 is 5.32 Å². The second kappa shape index (κ2) is 5.72. The third-order valence-electron chi connectivity index (χ3n) is 2.90. The van der Waals surface area contributed by atoms with Gasteiger partial charge in [-0.3, -0.25) is 0 Å².